The Morgan fingerprint density at radius 1 is 1.41 bits per heavy atom. The number of esters is 1. The molecule has 1 saturated heterocycles. The first kappa shape index (κ1) is 16.7. The summed E-state index contributed by atoms with van der Waals surface area (Å²) in [4.78, 5) is 13.5. The summed E-state index contributed by atoms with van der Waals surface area (Å²) in [5, 5.41) is 3.36. The van der Waals surface area contributed by atoms with E-state index in [2.05, 4.69) is 24.1 Å². The van der Waals surface area contributed by atoms with E-state index < -0.39 is 0 Å². The molecule has 1 fully saturated rings. The van der Waals surface area contributed by atoms with Crippen LogP contribution in [0.4, 0.5) is 0 Å². The van der Waals surface area contributed by atoms with Crippen LogP contribution in [0.25, 0.3) is 0 Å². The highest BCUT2D eigenvalue weighted by Gasteiger charge is 2.20. The summed E-state index contributed by atoms with van der Waals surface area (Å²) >= 11 is 0. The second-order valence-electron chi connectivity index (χ2n) is 4.79. The third-order valence-corrected chi connectivity index (χ3v) is 3.24. The number of carbonyl (C=O) groups excluding carboxylic acids is 1. The zero-order valence-corrected chi connectivity index (χ0v) is 11.9. The van der Waals surface area contributed by atoms with E-state index in [1.54, 1.807) is 0 Å². The molecule has 1 N–H and O–H groups in total. The van der Waals surface area contributed by atoms with Crippen molar-refractivity contribution in [2.45, 2.75) is 32.7 Å². The molecule has 0 aliphatic carbocycles. The molecule has 0 bridgehead atoms. The molecular weight excluding hydrogens is 240 g/mol. The minimum absolute atomic E-state index is 0. The summed E-state index contributed by atoms with van der Waals surface area (Å²) in [6.07, 6.45) is 2.43. The summed E-state index contributed by atoms with van der Waals surface area (Å²) < 4.78 is 4.73. The molecule has 1 heterocycles. The molecule has 0 atom stereocenters. The van der Waals surface area contributed by atoms with Gasteiger partial charge in [0, 0.05) is 12.6 Å². The van der Waals surface area contributed by atoms with Crippen molar-refractivity contribution in [2.75, 3.05) is 33.3 Å². The van der Waals surface area contributed by atoms with Crippen LogP contribution >= 0.6 is 12.4 Å². The van der Waals surface area contributed by atoms with E-state index in [0.29, 0.717) is 18.5 Å². The zero-order valence-electron chi connectivity index (χ0n) is 11.1. The third kappa shape index (κ3) is 6.24. The number of halogens is 1. The van der Waals surface area contributed by atoms with Gasteiger partial charge >= 0.3 is 5.97 Å². The van der Waals surface area contributed by atoms with E-state index in [1.165, 1.54) is 20.0 Å². The Balaban J connectivity index is 0.00000256. The van der Waals surface area contributed by atoms with Gasteiger partial charge < -0.3 is 10.1 Å². The van der Waals surface area contributed by atoms with Gasteiger partial charge in [0.2, 0.25) is 0 Å². The standard InChI is InChI=1S/C12H24N2O2.ClH/c1-10(2)14(9-12(15)16-3)8-11-4-6-13-7-5-11;/h10-11,13H,4-9H2,1-3H3;1H. The van der Waals surface area contributed by atoms with Crippen LogP contribution in [0.15, 0.2) is 0 Å². The Kier molecular flexibility index (Phi) is 8.56. The highest BCUT2D eigenvalue weighted by Crippen LogP contribution is 2.14. The highest BCUT2D eigenvalue weighted by atomic mass is 35.5. The van der Waals surface area contributed by atoms with Crippen molar-refractivity contribution in [1.82, 2.24) is 10.2 Å². The Hall–Kier alpha value is -0.320. The first-order valence-electron chi connectivity index (χ1n) is 6.15. The maximum absolute atomic E-state index is 11.3. The monoisotopic (exact) mass is 264 g/mol. The Labute approximate surface area is 110 Å². The van der Waals surface area contributed by atoms with Crippen molar-refractivity contribution in [1.29, 1.82) is 0 Å². The normalized spacial score (nSPS) is 17.0. The van der Waals surface area contributed by atoms with Crippen molar-refractivity contribution in [2.24, 2.45) is 5.92 Å². The molecule has 0 saturated carbocycles. The topological polar surface area (TPSA) is 41.6 Å². The molecule has 5 heteroatoms. The molecule has 102 valence electrons. The molecule has 1 aliphatic rings. The Morgan fingerprint density at radius 3 is 2.47 bits per heavy atom. The SMILES string of the molecule is COC(=O)CN(CC1CCNCC1)C(C)C.Cl. The maximum Gasteiger partial charge on any atom is 0.319 e. The fourth-order valence-corrected chi connectivity index (χ4v) is 2.08. The number of ether oxygens (including phenoxy) is 1. The predicted octanol–water partition coefficient (Wildman–Crippen LogP) is 1.29. The van der Waals surface area contributed by atoms with Crippen LogP contribution in [0.1, 0.15) is 26.7 Å². The Bertz CT molecular complexity index is 219. The van der Waals surface area contributed by atoms with E-state index in [9.17, 15) is 4.79 Å². The molecule has 17 heavy (non-hydrogen) atoms. The second kappa shape index (κ2) is 8.72. The molecule has 1 aliphatic heterocycles. The number of methoxy groups -OCH3 is 1. The first-order valence-corrected chi connectivity index (χ1v) is 6.15. The quantitative estimate of drug-likeness (QED) is 0.760. The smallest absolute Gasteiger partial charge is 0.319 e. The van der Waals surface area contributed by atoms with Gasteiger partial charge in [-0.25, -0.2) is 0 Å². The van der Waals surface area contributed by atoms with Gasteiger partial charge in [-0.3, -0.25) is 9.69 Å². The molecule has 0 unspecified atom stereocenters. The molecule has 1 rings (SSSR count). The van der Waals surface area contributed by atoms with Crippen LogP contribution in [-0.2, 0) is 9.53 Å². The zero-order chi connectivity index (χ0) is 12.0. The minimum Gasteiger partial charge on any atom is -0.468 e. The molecule has 0 radical (unpaired) electrons. The summed E-state index contributed by atoms with van der Waals surface area (Å²) in [6.45, 7) is 7.89. The van der Waals surface area contributed by atoms with Gasteiger partial charge in [-0.1, -0.05) is 0 Å². The number of rotatable bonds is 5. The summed E-state index contributed by atoms with van der Waals surface area (Å²) in [7, 11) is 1.45. The number of hydrogen-bond acceptors (Lipinski definition) is 4. The Morgan fingerprint density at radius 2 is 2.00 bits per heavy atom. The van der Waals surface area contributed by atoms with Crippen molar-refractivity contribution in [3.05, 3.63) is 0 Å². The molecule has 0 aromatic carbocycles. The van der Waals surface area contributed by atoms with E-state index >= 15 is 0 Å². The predicted molar refractivity (Wildman–Crippen MR) is 71.6 cm³/mol. The van der Waals surface area contributed by atoms with Gasteiger partial charge in [0.15, 0.2) is 0 Å². The fourth-order valence-electron chi connectivity index (χ4n) is 2.08. The van der Waals surface area contributed by atoms with Crippen LogP contribution in [-0.4, -0.2) is 50.2 Å². The number of nitrogens with zero attached hydrogens (tertiary/aromatic N) is 1. The van der Waals surface area contributed by atoms with Gasteiger partial charge in [0.05, 0.1) is 13.7 Å². The molecule has 0 aromatic rings. The lowest BCUT2D eigenvalue weighted by atomic mass is 9.97. The lowest BCUT2D eigenvalue weighted by molar-refractivity contribution is -0.142. The third-order valence-electron chi connectivity index (χ3n) is 3.24. The molecule has 0 amide bonds. The summed E-state index contributed by atoms with van der Waals surface area (Å²) in [5.74, 6) is 0.580. The second-order valence-corrected chi connectivity index (χ2v) is 4.79. The van der Waals surface area contributed by atoms with Crippen molar-refractivity contribution in [3.63, 3.8) is 0 Å². The van der Waals surface area contributed by atoms with E-state index in [0.717, 1.165) is 19.6 Å². The van der Waals surface area contributed by atoms with Gasteiger partial charge in [0.1, 0.15) is 0 Å². The average molecular weight is 265 g/mol. The van der Waals surface area contributed by atoms with Crippen molar-refractivity contribution >= 4 is 18.4 Å². The van der Waals surface area contributed by atoms with Crippen LogP contribution in [0.5, 0.6) is 0 Å². The summed E-state index contributed by atoms with van der Waals surface area (Å²) in [5.41, 5.74) is 0. The van der Waals surface area contributed by atoms with E-state index in [4.69, 9.17) is 4.74 Å². The largest absolute Gasteiger partial charge is 0.468 e. The molecule has 0 spiro atoms. The number of carbonyl (C=O) groups is 1. The lowest BCUT2D eigenvalue weighted by Gasteiger charge is -2.31. The number of nitrogens with one attached hydrogen (secondary N) is 1. The summed E-state index contributed by atoms with van der Waals surface area (Å²) in [6, 6.07) is 0.397. The van der Waals surface area contributed by atoms with Crippen molar-refractivity contribution in [3.8, 4) is 0 Å². The minimum atomic E-state index is -0.136. The fraction of sp³-hybridized carbons (Fsp3) is 0.917. The van der Waals surface area contributed by atoms with Gasteiger partial charge in [0.25, 0.3) is 0 Å². The van der Waals surface area contributed by atoms with Crippen LogP contribution < -0.4 is 5.32 Å². The first-order chi connectivity index (χ1) is 7.63. The highest BCUT2D eigenvalue weighted by molar-refractivity contribution is 5.85. The number of piperidine rings is 1. The lowest BCUT2D eigenvalue weighted by Crippen LogP contribution is -2.42. The van der Waals surface area contributed by atoms with Gasteiger partial charge in [-0.2, -0.15) is 0 Å². The van der Waals surface area contributed by atoms with E-state index in [-0.39, 0.29) is 18.4 Å². The molecule has 4 nitrogen and oxygen atoms in total. The van der Waals surface area contributed by atoms with E-state index in [1.807, 2.05) is 0 Å². The maximum atomic E-state index is 11.3. The number of hydrogen-bond donors (Lipinski definition) is 1. The van der Waals surface area contributed by atoms with Crippen LogP contribution in [0.3, 0.4) is 0 Å². The van der Waals surface area contributed by atoms with Crippen molar-refractivity contribution < 1.29 is 9.53 Å². The molecular formula is C12H25ClN2O2. The average Bonchev–Trinajstić information content (AvgIpc) is 2.29. The van der Waals surface area contributed by atoms with Gasteiger partial charge in [-0.05, 0) is 45.7 Å². The van der Waals surface area contributed by atoms with Crippen LogP contribution in [0, 0.1) is 5.92 Å². The molecule has 0 aromatic heterocycles. The van der Waals surface area contributed by atoms with Gasteiger partial charge in [-0.15, -0.1) is 12.4 Å². The van der Waals surface area contributed by atoms with Crippen LogP contribution in [0.2, 0.25) is 0 Å².